The van der Waals surface area contributed by atoms with Crippen LogP contribution in [-0.2, 0) is 16.0 Å². The van der Waals surface area contributed by atoms with Crippen LogP contribution in [-0.4, -0.2) is 31.6 Å². The average molecular weight is 261 g/mol. The Morgan fingerprint density at radius 2 is 2.05 bits per heavy atom. The molecule has 1 aliphatic heterocycles. The molecular formula is C16H23NO2. The number of nitrogens with one attached hydrogen (secondary N) is 1. The maximum Gasteiger partial charge on any atom is 0.154 e. The predicted molar refractivity (Wildman–Crippen MR) is 76.4 cm³/mol. The molecule has 2 atom stereocenters. The van der Waals surface area contributed by atoms with E-state index in [9.17, 15) is 4.79 Å². The molecule has 0 spiro atoms. The minimum atomic E-state index is -0.0466. The van der Waals surface area contributed by atoms with E-state index >= 15 is 0 Å². The fraction of sp³-hybridized carbons (Fsp3) is 0.562. The number of carbonyl (C=O) groups excluding carboxylic acids is 1. The summed E-state index contributed by atoms with van der Waals surface area (Å²) >= 11 is 0. The Morgan fingerprint density at radius 1 is 1.37 bits per heavy atom. The number of ether oxygens (including phenoxy) is 1. The molecule has 0 bridgehead atoms. The molecule has 1 aromatic carbocycles. The number of methoxy groups -OCH3 is 1. The maximum atomic E-state index is 12.2. The fourth-order valence-electron chi connectivity index (χ4n) is 2.47. The smallest absolute Gasteiger partial charge is 0.154 e. The molecule has 2 rings (SSSR count). The first-order valence-corrected chi connectivity index (χ1v) is 6.98. The molecular weight excluding hydrogens is 238 g/mol. The second-order valence-electron chi connectivity index (χ2n) is 5.59. The number of rotatable bonds is 5. The molecule has 0 aliphatic carbocycles. The van der Waals surface area contributed by atoms with Crippen LogP contribution in [0.1, 0.15) is 37.3 Å². The van der Waals surface area contributed by atoms with Gasteiger partial charge in [0, 0.05) is 20.1 Å². The van der Waals surface area contributed by atoms with Crippen molar-refractivity contribution in [1.82, 2.24) is 5.32 Å². The summed E-state index contributed by atoms with van der Waals surface area (Å²) < 4.78 is 5.27. The molecule has 0 amide bonds. The Kier molecular flexibility index (Phi) is 4.72. The Morgan fingerprint density at radius 3 is 2.58 bits per heavy atom. The summed E-state index contributed by atoms with van der Waals surface area (Å²) in [4.78, 5) is 12.2. The minimum Gasteiger partial charge on any atom is -0.380 e. The van der Waals surface area contributed by atoms with Crippen LogP contribution in [0.15, 0.2) is 24.3 Å². The van der Waals surface area contributed by atoms with Crippen molar-refractivity contribution >= 4 is 5.78 Å². The normalized spacial score (nSPS) is 22.9. The lowest BCUT2D eigenvalue weighted by atomic mass is 9.98. The summed E-state index contributed by atoms with van der Waals surface area (Å²) in [6.45, 7) is 5.13. The Balaban J connectivity index is 1.92. The summed E-state index contributed by atoms with van der Waals surface area (Å²) in [5, 5.41) is 3.23. The molecule has 104 valence electrons. The zero-order valence-corrected chi connectivity index (χ0v) is 12.0. The van der Waals surface area contributed by atoms with Crippen molar-refractivity contribution in [2.75, 3.05) is 13.7 Å². The third-order valence-electron chi connectivity index (χ3n) is 3.84. The summed E-state index contributed by atoms with van der Waals surface area (Å²) in [5.74, 6) is 0.792. The van der Waals surface area contributed by atoms with E-state index in [0.717, 1.165) is 18.5 Å². The van der Waals surface area contributed by atoms with E-state index in [1.807, 2.05) is 0 Å². The van der Waals surface area contributed by atoms with Crippen molar-refractivity contribution in [3.8, 4) is 0 Å². The highest BCUT2D eigenvalue weighted by Crippen LogP contribution is 2.17. The second-order valence-corrected chi connectivity index (χ2v) is 5.59. The number of ketones is 1. The van der Waals surface area contributed by atoms with Crippen molar-refractivity contribution in [1.29, 1.82) is 0 Å². The van der Waals surface area contributed by atoms with Crippen LogP contribution < -0.4 is 5.32 Å². The molecule has 1 heterocycles. The minimum absolute atomic E-state index is 0.0466. The number of carbonyl (C=O) groups is 1. The number of Topliss-reactive ketones (excluding diaryl/α,β-unsaturated/α-hetero) is 1. The third-order valence-corrected chi connectivity index (χ3v) is 3.84. The Labute approximate surface area is 115 Å². The van der Waals surface area contributed by atoms with Gasteiger partial charge in [0.15, 0.2) is 5.78 Å². The van der Waals surface area contributed by atoms with Crippen LogP contribution in [0, 0.1) is 0 Å². The van der Waals surface area contributed by atoms with E-state index in [-0.39, 0.29) is 17.9 Å². The SMILES string of the molecule is COC1CNC(C(=O)Cc2ccc(C(C)C)cc2)C1. The molecule has 1 saturated heterocycles. The van der Waals surface area contributed by atoms with Crippen molar-refractivity contribution in [3.05, 3.63) is 35.4 Å². The molecule has 2 unspecified atom stereocenters. The van der Waals surface area contributed by atoms with Gasteiger partial charge in [-0.3, -0.25) is 4.79 Å². The standard InChI is InChI=1S/C16H23NO2/c1-11(2)13-6-4-12(5-7-13)8-16(18)15-9-14(19-3)10-17-15/h4-7,11,14-15,17H,8-10H2,1-3H3. The Bertz CT molecular complexity index is 425. The van der Waals surface area contributed by atoms with E-state index in [4.69, 9.17) is 4.74 Å². The van der Waals surface area contributed by atoms with Gasteiger partial charge in [0.1, 0.15) is 0 Å². The maximum absolute atomic E-state index is 12.2. The van der Waals surface area contributed by atoms with Crippen LogP contribution in [0.2, 0.25) is 0 Å². The number of hydrogen-bond acceptors (Lipinski definition) is 3. The lowest BCUT2D eigenvalue weighted by Crippen LogP contribution is -2.31. The number of hydrogen-bond donors (Lipinski definition) is 1. The summed E-state index contributed by atoms with van der Waals surface area (Å²) in [6.07, 6.45) is 1.48. The van der Waals surface area contributed by atoms with Gasteiger partial charge in [-0.25, -0.2) is 0 Å². The van der Waals surface area contributed by atoms with Crippen molar-refractivity contribution in [3.63, 3.8) is 0 Å². The highest BCUT2D eigenvalue weighted by Gasteiger charge is 2.28. The van der Waals surface area contributed by atoms with Gasteiger partial charge in [0.05, 0.1) is 12.1 Å². The van der Waals surface area contributed by atoms with Crippen LogP contribution >= 0.6 is 0 Å². The van der Waals surface area contributed by atoms with Crippen LogP contribution in [0.5, 0.6) is 0 Å². The first kappa shape index (κ1) is 14.2. The van der Waals surface area contributed by atoms with Gasteiger partial charge in [-0.05, 0) is 23.5 Å². The van der Waals surface area contributed by atoms with Gasteiger partial charge in [-0.2, -0.15) is 0 Å². The lowest BCUT2D eigenvalue weighted by molar-refractivity contribution is -0.120. The van der Waals surface area contributed by atoms with Crippen LogP contribution in [0.3, 0.4) is 0 Å². The quantitative estimate of drug-likeness (QED) is 0.884. The lowest BCUT2D eigenvalue weighted by Gasteiger charge is -2.10. The first-order chi connectivity index (χ1) is 9.10. The van der Waals surface area contributed by atoms with Gasteiger partial charge in [-0.1, -0.05) is 38.1 Å². The van der Waals surface area contributed by atoms with Gasteiger partial charge in [-0.15, -0.1) is 0 Å². The zero-order valence-electron chi connectivity index (χ0n) is 12.0. The monoisotopic (exact) mass is 261 g/mol. The molecule has 1 fully saturated rings. The molecule has 19 heavy (non-hydrogen) atoms. The molecule has 0 radical (unpaired) electrons. The molecule has 3 nitrogen and oxygen atoms in total. The van der Waals surface area contributed by atoms with Gasteiger partial charge in [0.2, 0.25) is 0 Å². The summed E-state index contributed by atoms with van der Waals surface area (Å²) in [6, 6.07) is 8.32. The molecule has 3 heteroatoms. The van der Waals surface area contributed by atoms with E-state index in [0.29, 0.717) is 12.3 Å². The van der Waals surface area contributed by atoms with Crippen LogP contribution in [0.25, 0.3) is 0 Å². The molecule has 1 aliphatic rings. The third kappa shape index (κ3) is 3.64. The van der Waals surface area contributed by atoms with Gasteiger partial charge >= 0.3 is 0 Å². The van der Waals surface area contributed by atoms with Crippen molar-refractivity contribution < 1.29 is 9.53 Å². The van der Waals surface area contributed by atoms with Crippen LogP contribution in [0.4, 0.5) is 0 Å². The molecule has 0 saturated carbocycles. The van der Waals surface area contributed by atoms with Crippen molar-refractivity contribution in [2.24, 2.45) is 0 Å². The van der Waals surface area contributed by atoms with Gasteiger partial charge < -0.3 is 10.1 Å². The summed E-state index contributed by atoms with van der Waals surface area (Å²) in [5.41, 5.74) is 2.41. The topological polar surface area (TPSA) is 38.3 Å². The van der Waals surface area contributed by atoms with E-state index < -0.39 is 0 Å². The molecule has 1 N–H and O–H groups in total. The highest BCUT2D eigenvalue weighted by molar-refractivity contribution is 5.86. The van der Waals surface area contributed by atoms with E-state index in [1.165, 1.54) is 5.56 Å². The zero-order chi connectivity index (χ0) is 13.8. The largest absolute Gasteiger partial charge is 0.380 e. The second kappa shape index (κ2) is 6.31. The fourth-order valence-corrected chi connectivity index (χ4v) is 2.47. The number of benzene rings is 1. The summed E-state index contributed by atoms with van der Waals surface area (Å²) in [7, 11) is 1.70. The molecule has 0 aromatic heterocycles. The van der Waals surface area contributed by atoms with E-state index in [2.05, 4.69) is 43.4 Å². The van der Waals surface area contributed by atoms with Gasteiger partial charge in [0.25, 0.3) is 0 Å². The predicted octanol–water partition coefficient (Wildman–Crippen LogP) is 2.30. The molecule has 1 aromatic rings. The van der Waals surface area contributed by atoms with Crippen molar-refractivity contribution in [2.45, 2.75) is 44.8 Å². The van der Waals surface area contributed by atoms with E-state index in [1.54, 1.807) is 7.11 Å². The average Bonchev–Trinajstić information content (AvgIpc) is 2.88. The highest BCUT2D eigenvalue weighted by atomic mass is 16.5. The first-order valence-electron chi connectivity index (χ1n) is 6.98. The Hall–Kier alpha value is -1.19.